The maximum absolute atomic E-state index is 11.2. The Morgan fingerprint density at radius 1 is 1.39 bits per heavy atom. The van der Waals surface area contributed by atoms with E-state index in [2.05, 4.69) is 32.3 Å². The topological polar surface area (TPSA) is 20.3 Å². The molecule has 2 nitrogen and oxygen atoms in total. The summed E-state index contributed by atoms with van der Waals surface area (Å²) < 4.78 is 0. The summed E-state index contributed by atoms with van der Waals surface area (Å²) in [6.45, 7) is 13.1. The van der Waals surface area contributed by atoms with Crippen LogP contribution in [-0.4, -0.2) is 29.8 Å². The van der Waals surface area contributed by atoms with Gasteiger partial charge in [-0.1, -0.05) is 27.4 Å². The second-order valence-corrected chi connectivity index (χ2v) is 7.46. The van der Waals surface area contributed by atoms with Crippen molar-refractivity contribution < 1.29 is 4.79 Å². The Hall–Kier alpha value is -0.630. The highest BCUT2D eigenvalue weighted by atomic mass is 16.1. The molecule has 0 amide bonds. The van der Waals surface area contributed by atoms with E-state index in [1.807, 2.05) is 0 Å². The number of fused-ring (bicyclic) bond motifs is 2. The molecule has 2 aliphatic rings. The predicted molar refractivity (Wildman–Crippen MR) is 75.5 cm³/mol. The van der Waals surface area contributed by atoms with E-state index < -0.39 is 0 Å². The van der Waals surface area contributed by atoms with Crippen molar-refractivity contribution in [3.63, 3.8) is 0 Å². The van der Waals surface area contributed by atoms with Crippen LogP contribution in [0.3, 0.4) is 0 Å². The molecule has 0 radical (unpaired) electrons. The monoisotopic (exact) mass is 249 g/mol. The fourth-order valence-corrected chi connectivity index (χ4v) is 4.40. The Bertz CT molecular complexity index is 347. The molecule has 1 aliphatic carbocycles. The maximum atomic E-state index is 11.2. The zero-order valence-corrected chi connectivity index (χ0v) is 12.2. The molecule has 2 unspecified atom stereocenters. The third-order valence-corrected chi connectivity index (χ3v) is 4.62. The van der Waals surface area contributed by atoms with Crippen molar-refractivity contribution in [1.82, 2.24) is 4.90 Å². The highest BCUT2D eigenvalue weighted by Gasteiger charge is 2.49. The molecular weight excluding hydrogens is 222 g/mol. The van der Waals surface area contributed by atoms with Gasteiger partial charge in [-0.15, -0.1) is 0 Å². The molecule has 0 spiro atoms. The fourth-order valence-electron chi connectivity index (χ4n) is 4.40. The molecule has 2 rings (SSSR count). The SMILES string of the molecule is C=CC(=O)CCCN1CC2(C)CC1CC(C)(C)C2. The summed E-state index contributed by atoms with van der Waals surface area (Å²) >= 11 is 0. The van der Waals surface area contributed by atoms with Crippen molar-refractivity contribution in [2.24, 2.45) is 10.8 Å². The zero-order valence-electron chi connectivity index (χ0n) is 12.2. The summed E-state index contributed by atoms with van der Waals surface area (Å²) in [7, 11) is 0. The van der Waals surface area contributed by atoms with Crippen molar-refractivity contribution in [1.29, 1.82) is 0 Å². The number of carbonyl (C=O) groups excluding carboxylic acids is 1. The summed E-state index contributed by atoms with van der Waals surface area (Å²) in [4.78, 5) is 13.9. The van der Waals surface area contributed by atoms with E-state index in [0.29, 0.717) is 17.3 Å². The van der Waals surface area contributed by atoms with Crippen molar-refractivity contribution in [2.75, 3.05) is 13.1 Å². The lowest BCUT2D eigenvalue weighted by atomic mass is 9.65. The van der Waals surface area contributed by atoms with Crippen LogP contribution in [0.4, 0.5) is 0 Å². The quantitative estimate of drug-likeness (QED) is 0.696. The summed E-state index contributed by atoms with van der Waals surface area (Å²) in [5.74, 6) is 0.184. The molecule has 1 aliphatic heterocycles. The molecule has 2 atom stereocenters. The van der Waals surface area contributed by atoms with Crippen LogP contribution in [-0.2, 0) is 4.79 Å². The number of rotatable bonds is 5. The summed E-state index contributed by atoms with van der Waals surface area (Å²) in [5, 5.41) is 0. The number of nitrogens with zero attached hydrogens (tertiary/aromatic N) is 1. The lowest BCUT2D eigenvalue weighted by Gasteiger charge is -2.40. The Morgan fingerprint density at radius 2 is 2.11 bits per heavy atom. The Kier molecular flexibility index (Phi) is 3.68. The molecule has 1 heterocycles. The largest absolute Gasteiger partial charge is 0.300 e. The van der Waals surface area contributed by atoms with Crippen molar-refractivity contribution in [3.05, 3.63) is 12.7 Å². The van der Waals surface area contributed by atoms with E-state index in [4.69, 9.17) is 0 Å². The first-order valence-corrected chi connectivity index (χ1v) is 7.23. The van der Waals surface area contributed by atoms with Crippen LogP contribution >= 0.6 is 0 Å². The number of ketones is 1. The normalized spacial score (nSPS) is 34.5. The maximum Gasteiger partial charge on any atom is 0.155 e. The van der Waals surface area contributed by atoms with E-state index in [1.165, 1.54) is 31.9 Å². The molecule has 0 aromatic carbocycles. The van der Waals surface area contributed by atoms with Crippen molar-refractivity contribution in [3.8, 4) is 0 Å². The lowest BCUT2D eigenvalue weighted by molar-refractivity contribution is -0.114. The fraction of sp³-hybridized carbons (Fsp3) is 0.812. The van der Waals surface area contributed by atoms with Crippen LogP contribution in [0, 0.1) is 10.8 Å². The first kappa shape index (κ1) is 13.8. The van der Waals surface area contributed by atoms with Crippen LogP contribution < -0.4 is 0 Å². The van der Waals surface area contributed by atoms with Crippen LogP contribution in [0.5, 0.6) is 0 Å². The zero-order chi connectivity index (χ0) is 13.4. The van der Waals surface area contributed by atoms with Crippen molar-refractivity contribution in [2.45, 2.75) is 58.9 Å². The van der Waals surface area contributed by atoms with Gasteiger partial charge in [0.25, 0.3) is 0 Å². The molecule has 2 heteroatoms. The standard InChI is InChI=1S/C16H27NO/c1-5-14(18)7-6-8-17-12-16(4)10-13(17)9-15(2,3)11-16/h5,13H,1,6-12H2,2-4H3. The minimum Gasteiger partial charge on any atom is -0.300 e. The molecule has 0 N–H and O–H groups in total. The van der Waals surface area contributed by atoms with Crippen LogP contribution in [0.15, 0.2) is 12.7 Å². The van der Waals surface area contributed by atoms with E-state index in [0.717, 1.165) is 19.0 Å². The van der Waals surface area contributed by atoms with Crippen LogP contribution in [0.1, 0.15) is 52.9 Å². The van der Waals surface area contributed by atoms with Crippen LogP contribution in [0.2, 0.25) is 0 Å². The summed E-state index contributed by atoms with van der Waals surface area (Å²) in [6.07, 6.45) is 7.11. The summed E-state index contributed by atoms with van der Waals surface area (Å²) in [5.41, 5.74) is 0.998. The molecular formula is C16H27NO. The highest BCUT2D eigenvalue weighted by molar-refractivity contribution is 5.88. The average Bonchev–Trinajstić information content (AvgIpc) is 2.47. The van der Waals surface area contributed by atoms with Gasteiger partial charge in [0.05, 0.1) is 0 Å². The molecule has 0 aromatic heterocycles. The molecule has 102 valence electrons. The molecule has 1 saturated heterocycles. The molecule has 18 heavy (non-hydrogen) atoms. The number of hydrogen-bond acceptors (Lipinski definition) is 2. The third kappa shape index (κ3) is 3.03. The molecule has 0 aromatic rings. The van der Waals surface area contributed by atoms with Gasteiger partial charge in [-0.2, -0.15) is 0 Å². The number of carbonyl (C=O) groups is 1. The smallest absolute Gasteiger partial charge is 0.155 e. The van der Waals surface area contributed by atoms with Crippen LogP contribution in [0.25, 0.3) is 0 Å². The van der Waals surface area contributed by atoms with E-state index in [1.54, 1.807) is 0 Å². The van der Waals surface area contributed by atoms with E-state index >= 15 is 0 Å². The molecule has 2 bridgehead atoms. The molecule has 1 saturated carbocycles. The van der Waals surface area contributed by atoms with Gasteiger partial charge < -0.3 is 0 Å². The Morgan fingerprint density at radius 3 is 2.78 bits per heavy atom. The minimum absolute atomic E-state index is 0.184. The van der Waals surface area contributed by atoms with Crippen molar-refractivity contribution >= 4 is 5.78 Å². The van der Waals surface area contributed by atoms with Gasteiger partial charge in [0.15, 0.2) is 5.78 Å². The van der Waals surface area contributed by atoms with Gasteiger partial charge in [0.2, 0.25) is 0 Å². The third-order valence-electron chi connectivity index (χ3n) is 4.62. The Balaban J connectivity index is 1.89. The summed E-state index contributed by atoms with van der Waals surface area (Å²) in [6, 6.07) is 0.748. The number of hydrogen-bond donors (Lipinski definition) is 0. The second-order valence-electron chi connectivity index (χ2n) is 7.46. The minimum atomic E-state index is 0.184. The Labute approximate surface area is 111 Å². The predicted octanol–water partition coefficient (Wildman–Crippen LogP) is 3.42. The first-order chi connectivity index (χ1) is 8.34. The van der Waals surface area contributed by atoms with Gasteiger partial charge in [0.1, 0.15) is 0 Å². The average molecular weight is 249 g/mol. The van der Waals surface area contributed by atoms with Gasteiger partial charge in [0, 0.05) is 19.0 Å². The lowest BCUT2D eigenvalue weighted by Crippen LogP contribution is -2.35. The number of allylic oxidation sites excluding steroid dienone is 1. The van der Waals surface area contributed by atoms with Gasteiger partial charge >= 0.3 is 0 Å². The molecule has 2 fully saturated rings. The van der Waals surface area contributed by atoms with E-state index in [-0.39, 0.29) is 5.78 Å². The second kappa shape index (κ2) is 4.80. The van der Waals surface area contributed by atoms with Gasteiger partial charge in [-0.05, 0) is 49.1 Å². The van der Waals surface area contributed by atoms with E-state index in [9.17, 15) is 4.79 Å². The number of likely N-dealkylation sites (tertiary alicyclic amines) is 1. The van der Waals surface area contributed by atoms with Gasteiger partial charge in [-0.25, -0.2) is 0 Å². The van der Waals surface area contributed by atoms with Gasteiger partial charge in [-0.3, -0.25) is 9.69 Å². The highest BCUT2D eigenvalue weighted by Crippen LogP contribution is 2.52. The first-order valence-electron chi connectivity index (χ1n) is 7.23.